The monoisotopic (exact) mass is 308 g/mol. The van der Waals surface area contributed by atoms with E-state index in [2.05, 4.69) is 10.2 Å². The Kier molecular flexibility index (Phi) is 4.62. The lowest BCUT2D eigenvalue weighted by molar-refractivity contribution is -0.422. The summed E-state index contributed by atoms with van der Waals surface area (Å²) in [4.78, 5) is 34.4. The molecule has 1 rings (SSSR count). The number of nitro groups is 2. The number of carbonyl (C=O) groups is 1. The van der Waals surface area contributed by atoms with Gasteiger partial charge in [-0.2, -0.15) is 0 Å². The Morgan fingerprint density at radius 1 is 1.23 bits per heavy atom. The predicted molar refractivity (Wildman–Crippen MR) is 75.9 cm³/mol. The fraction of sp³-hybridized carbons (Fsp3) is 0.333. The summed E-state index contributed by atoms with van der Waals surface area (Å²) >= 11 is 0. The van der Waals surface area contributed by atoms with Crippen LogP contribution in [0.3, 0.4) is 0 Å². The summed E-state index contributed by atoms with van der Waals surface area (Å²) in [6.45, 7) is 11.8. The molecule has 1 aromatic carbocycles. The first-order valence-electron chi connectivity index (χ1n) is 5.89. The zero-order valence-corrected chi connectivity index (χ0v) is 11.9. The lowest BCUT2D eigenvalue weighted by Gasteiger charge is -2.19. The topological polar surface area (TPSA) is 129 Å². The number of anilines is 1. The van der Waals surface area contributed by atoms with Crippen LogP contribution in [0.25, 0.3) is 4.85 Å². The van der Waals surface area contributed by atoms with Crippen molar-refractivity contribution in [1.29, 1.82) is 0 Å². The first-order chi connectivity index (χ1) is 10.0. The maximum Gasteiger partial charge on any atom is 0.411 e. The number of ether oxygens (including phenoxy) is 1. The molecule has 10 nitrogen and oxygen atoms in total. The molecule has 0 aliphatic carbocycles. The van der Waals surface area contributed by atoms with Crippen LogP contribution in [-0.4, -0.2) is 21.5 Å². The summed E-state index contributed by atoms with van der Waals surface area (Å²) in [6, 6.07) is 1.49. The summed E-state index contributed by atoms with van der Waals surface area (Å²) in [6.07, 6.45) is -0.930. The van der Waals surface area contributed by atoms with Gasteiger partial charge in [-0.05, 0) is 20.8 Å². The Bertz CT molecular complexity index is 686. The van der Waals surface area contributed by atoms with Crippen molar-refractivity contribution in [1.82, 2.24) is 0 Å². The molecule has 10 heteroatoms. The molecular weight excluding hydrogens is 296 g/mol. The maximum absolute atomic E-state index is 11.7. The fourth-order valence-corrected chi connectivity index (χ4v) is 1.46. The van der Waals surface area contributed by atoms with Gasteiger partial charge in [-0.15, -0.1) is 0 Å². The summed E-state index contributed by atoms with van der Waals surface area (Å²) in [5.74, 6) is 0. The van der Waals surface area contributed by atoms with Gasteiger partial charge >= 0.3 is 17.5 Å². The second kappa shape index (κ2) is 6.04. The third kappa shape index (κ3) is 4.14. The van der Waals surface area contributed by atoms with Gasteiger partial charge in [-0.1, -0.05) is 0 Å². The number of hydrogen-bond donors (Lipinski definition) is 1. The first kappa shape index (κ1) is 16.8. The number of amides is 1. The van der Waals surface area contributed by atoms with Crippen LogP contribution in [0.4, 0.5) is 27.5 Å². The van der Waals surface area contributed by atoms with Crippen LogP contribution in [0.1, 0.15) is 20.8 Å². The molecule has 22 heavy (non-hydrogen) atoms. The van der Waals surface area contributed by atoms with Gasteiger partial charge in [0.15, 0.2) is 0 Å². The van der Waals surface area contributed by atoms with Gasteiger partial charge in [-0.25, -0.2) is 9.64 Å². The Morgan fingerprint density at radius 3 is 2.14 bits per heavy atom. The largest absolute Gasteiger partial charge is 0.444 e. The molecule has 0 spiro atoms. The smallest absolute Gasteiger partial charge is 0.411 e. The van der Waals surface area contributed by atoms with Crippen LogP contribution < -0.4 is 5.32 Å². The van der Waals surface area contributed by atoms with E-state index in [0.29, 0.717) is 0 Å². The Morgan fingerprint density at radius 2 is 1.73 bits per heavy atom. The maximum atomic E-state index is 11.7. The molecule has 116 valence electrons. The molecule has 0 atom stereocenters. The highest BCUT2D eigenvalue weighted by molar-refractivity contribution is 5.92. The van der Waals surface area contributed by atoms with E-state index in [9.17, 15) is 25.0 Å². The van der Waals surface area contributed by atoms with Crippen molar-refractivity contribution in [2.24, 2.45) is 0 Å². The number of hydrogen-bond acceptors (Lipinski definition) is 6. The van der Waals surface area contributed by atoms with Gasteiger partial charge in [0, 0.05) is 12.1 Å². The molecule has 0 saturated heterocycles. The predicted octanol–water partition coefficient (Wildman–Crippen LogP) is 3.40. The van der Waals surface area contributed by atoms with Crippen LogP contribution in [-0.2, 0) is 4.74 Å². The highest BCUT2D eigenvalue weighted by atomic mass is 16.6. The van der Waals surface area contributed by atoms with Crippen LogP contribution in [0.5, 0.6) is 0 Å². The lowest BCUT2D eigenvalue weighted by atomic mass is 10.2. The molecule has 0 unspecified atom stereocenters. The van der Waals surface area contributed by atoms with Crippen LogP contribution in [0.2, 0.25) is 0 Å². The van der Waals surface area contributed by atoms with E-state index in [1.165, 1.54) is 0 Å². The average Bonchev–Trinajstić information content (AvgIpc) is 2.35. The van der Waals surface area contributed by atoms with Gasteiger partial charge in [-0.3, -0.25) is 20.2 Å². The van der Waals surface area contributed by atoms with Crippen molar-refractivity contribution in [3.8, 4) is 0 Å². The minimum absolute atomic E-state index is 0.235. The fourth-order valence-electron chi connectivity index (χ4n) is 1.46. The third-order valence-corrected chi connectivity index (χ3v) is 2.24. The highest BCUT2D eigenvalue weighted by Gasteiger charge is 2.28. The molecule has 0 saturated carbocycles. The van der Waals surface area contributed by atoms with E-state index >= 15 is 0 Å². The Labute approximate surface area is 124 Å². The van der Waals surface area contributed by atoms with Gasteiger partial charge in [0.25, 0.3) is 0 Å². The molecule has 0 aliphatic rings. The number of carbonyl (C=O) groups excluding carboxylic acids is 1. The van der Waals surface area contributed by atoms with E-state index in [4.69, 9.17) is 11.3 Å². The lowest BCUT2D eigenvalue weighted by Crippen LogP contribution is -2.27. The van der Waals surface area contributed by atoms with E-state index in [0.717, 1.165) is 12.1 Å². The zero-order valence-electron chi connectivity index (χ0n) is 11.9. The molecule has 0 radical (unpaired) electrons. The van der Waals surface area contributed by atoms with Crippen LogP contribution in [0, 0.1) is 26.8 Å². The van der Waals surface area contributed by atoms with Gasteiger partial charge in [0.2, 0.25) is 5.69 Å². The molecule has 0 aromatic heterocycles. The van der Waals surface area contributed by atoms with E-state index in [-0.39, 0.29) is 11.4 Å². The molecule has 0 aliphatic heterocycles. The minimum Gasteiger partial charge on any atom is -0.444 e. The van der Waals surface area contributed by atoms with Crippen molar-refractivity contribution >= 4 is 28.8 Å². The third-order valence-electron chi connectivity index (χ3n) is 2.24. The van der Waals surface area contributed by atoms with E-state index in [1.54, 1.807) is 20.8 Å². The second-order valence-corrected chi connectivity index (χ2v) is 5.11. The van der Waals surface area contributed by atoms with Gasteiger partial charge in [0.1, 0.15) is 5.60 Å². The zero-order chi connectivity index (χ0) is 17.1. The quantitative estimate of drug-likeness (QED) is 0.517. The standard InChI is InChI=1S/C12H12N4O6/c1-12(2,3)22-11(17)14-8-6-10(16(20)21)9(15(18)19)5-7(8)13-4/h5-6H,1-3H3,(H,14,17). The van der Waals surface area contributed by atoms with Crippen molar-refractivity contribution in [3.05, 3.63) is 43.8 Å². The SMILES string of the molecule is [C-]#[N+]c1cc([N+](=O)[O-])c([N+](=O)[O-])cc1NC(=O)OC(C)(C)C. The molecule has 1 aromatic rings. The summed E-state index contributed by atoms with van der Waals surface area (Å²) < 4.78 is 4.96. The van der Waals surface area contributed by atoms with Gasteiger partial charge < -0.3 is 10.1 Å². The van der Waals surface area contributed by atoms with Crippen LogP contribution in [0.15, 0.2) is 12.1 Å². The molecule has 0 bridgehead atoms. The van der Waals surface area contributed by atoms with Crippen molar-refractivity contribution in [2.75, 3.05) is 5.32 Å². The number of nitrogens with one attached hydrogen (secondary N) is 1. The summed E-state index contributed by atoms with van der Waals surface area (Å²) in [5, 5.41) is 23.9. The van der Waals surface area contributed by atoms with Crippen LogP contribution >= 0.6 is 0 Å². The van der Waals surface area contributed by atoms with Crippen molar-refractivity contribution in [2.45, 2.75) is 26.4 Å². The van der Waals surface area contributed by atoms with E-state index < -0.39 is 32.9 Å². The molecule has 1 amide bonds. The molecular formula is C12H12N4O6. The highest BCUT2D eigenvalue weighted by Crippen LogP contribution is 2.37. The normalized spacial score (nSPS) is 10.5. The number of benzene rings is 1. The summed E-state index contributed by atoms with van der Waals surface area (Å²) in [5.41, 5.74) is -3.01. The molecule has 0 fully saturated rings. The Balaban J connectivity index is 3.28. The first-order valence-corrected chi connectivity index (χ1v) is 5.89. The van der Waals surface area contributed by atoms with Gasteiger partial charge in [0.05, 0.1) is 22.1 Å². The van der Waals surface area contributed by atoms with Crippen molar-refractivity contribution in [3.63, 3.8) is 0 Å². The minimum atomic E-state index is -0.968. The summed E-state index contributed by atoms with van der Waals surface area (Å²) in [7, 11) is 0. The number of nitrogens with zero attached hydrogens (tertiary/aromatic N) is 3. The average molecular weight is 308 g/mol. The number of nitro benzene ring substituents is 2. The van der Waals surface area contributed by atoms with Crippen molar-refractivity contribution < 1.29 is 19.4 Å². The number of rotatable bonds is 3. The second-order valence-electron chi connectivity index (χ2n) is 5.11. The van der Waals surface area contributed by atoms with E-state index in [1.807, 2.05) is 0 Å². The molecule has 0 heterocycles. The molecule has 1 N–H and O–H groups in total. The Hall–Kier alpha value is -3.22.